The lowest BCUT2D eigenvalue weighted by atomic mass is 10.1. The Morgan fingerprint density at radius 1 is 1.11 bits per heavy atom. The fourth-order valence-electron chi connectivity index (χ4n) is 2.16. The van der Waals surface area contributed by atoms with Crippen molar-refractivity contribution in [2.45, 2.75) is 23.1 Å². The molecule has 18 heavy (non-hydrogen) atoms. The largest absolute Gasteiger partial charge is 0.281 e. The summed E-state index contributed by atoms with van der Waals surface area (Å²) in [6, 6.07) is 14.3. The van der Waals surface area contributed by atoms with Gasteiger partial charge in [-0.1, -0.05) is 36.9 Å². The van der Waals surface area contributed by atoms with Crippen LogP contribution in [0.25, 0.3) is 0 Å². The van der Waals surface area contributed by atoms with E-state index < -0.39 is 0 Å². The van der Waals surface area contributed by atoms with Gasteiger partial charge in [0.1, 0.15) is 0 Å². The zero-order chi connectivity index (χ0) is 12.5. The quantitative estimate of drug-likeness (QED) is 0.756. The second kappa shape index (κ2) is 4.50. The van der Waals surface area contributed by atoms with Crippen LogP contribution in [-0.4, -0.2) is 6.41 Å². The molecule has 3 rings (SSSR count). The number of amides is 1. The van der Waals surface area contributed by atoms with Gasteiger partial charge < -0.3 is 0 Å². The summed E-state index contributed by atoms with van der Waals surface area (Å²) < 4.78 is 0. The number of carbonyl (C=O) groups excluding carboxylic acids is 1. The van der Waals surface area contributed by atoms with Crippen LogP contribution in [0.3, 0.4) is 0 Å². The van der Waals surface area contributed by atoms with Gasteiger partial charge in [-0.25, -0.2) is 0 Å². The SMILES string of the molecule is CCc1ccc2c(c1)N(C=O)c1ccccc1S2. The second-order valence-corrected chi connectivity index (χ2v) is 5.28. The second-order valence-electron chi connectivity index (χ2n) is 4.20. The zero-order valence-electron chi connectivity index (χ0n) is 10.1. The molecule has 0 spiro atoms. The summed E-state index contributed by atoms with van der Waals surface area (Å²) in [7, 11) is 0. The fourth-order valence-corrected chi connectivity index (χ4v) is 3.21. The van der Waals surface area contributed by atoms with Crippen LogP contribution >= 0.6 is 11.8 Å². The Bertz CT molecular complexity index is 609. The first kappa shape index (κ1) is 11.4. The molecular weight excluding hydrogens is 242 g/mol. The van der Waals surface area contributed by atoms with Crippen molar-refractivity contribution in [2.24, 2.45) is 0 Å². The molecule has 0 radical (unpaired) electrons. The first-order valence-corrected chi connectivity index (χ1v) is 6.79. The number of aryl methyl sites for hydroxylation is 1. The van der Waals surface area contributed by atoms with Crippen LogP contribution in [0.2, 0.25) is 0 Å². The number of hydrogen-bond donors (Lipinski definition) is 0. The Morgan fingerprint density at radius 3 is 2.67 bits per heavy atom. The van der Waals surface area contributed by atoms with E-state index in [9.17, 15) is 4.79 Å². The number of rotatable bonds is 2. The molecule has 0 unspecified atom stereocenters. The lowest BCUT2D eigenvalue weighted by Crippen LogP contribution is -2.18. The molecule has 1 heterocycles. The van der Waals surface area contributed by atoms with Crippen LogP contribution in [0.15, 0.2) is 52.3 Å². The van der Waals surface area contributed by atoms with Crippen molar-refractivity contribution in [1.82, 2.24) is 0 Å². The maximum atomic E-state index is 11.4. The number of hydrogen-bond acceptors (Lipinski definition) is 2. The van der Waals surface area contributed by atoms with Gasteiger partial charge in [0, 0.05) is 9.79 Å². The molecule has 0 atom stereocenters. The van der Waals surface area contributed by atoms with Crippen molar-refractivity contribution < 1.29 is 4.79 Å². The molecule has 1 aliphatic rings. The third-order valence-corrected chi connectivity index (χ3v) is 4.27. The number of carbonyl (C=O) groups is 1. The van der Waals surface area contributed by atoms with E-state index in [0.717, 1.165) is 34.0 Å². The molecule has 0 saturated carbocycles. The predicted octanol–water partition coefficient (Wildman–Crippen LogP) is 4.01. The molecule has 0 N–H and O–H groups in total. The van der Waals surface area contributed by atoms with Crippen molar-refractivity contribution in [3.05, 3.63) is 48.0 Å². The Morgan fingerprint density at radius 2 is 1.89 bits per heavy atom. The summed E-state index contributed by atoms with van der Waals surface area (Å²) in [5.74, 6) is 0. The average Bonchev–Trinajstić information content (AvgIpc) is 2.44. The maximum absolute atomic E-state index is 11.4. The molecule has 2 aromatic rings. The Kier molecular flexibility index (Phi) is 2.84. The summed E-state index contributed by atoms with van der Waals surface area (Å²) in [5, 5.41) is 0. The number of para-hydroxylation sites is 1. The fraction of sp³-hybridized carbons (Fsp3) is 0.133. The van der Waals surface area contributed by atoms with Crippen molar-refractivity contribution in [1.29, 1.82) is 0 Å². The summed E-state index contributed by atoms with van der Waals surface area (Å²) in [6.07, 6.45) is 1.88. The average molecular weight is 255 g/mol. The lowest BCUT2D eigenvalue weighted by Gasteiger charge is -2.28. The molecule has 1 amide bonds. The Labute approximate surface area is 111 Å². The lowest BCUT2D eigenvalue weighted by molar-refractivity contribution is -0.106. The zero-order valence-corrected chi connectivity index (χ0v) is 10.9. The van der Waals surface area contributed by atoms with E-state index in [1.165, 1.54) is 5.56 Å². The van der Waals surface area contributed by atoms with E-state index in [2.05, 4.69) is 25.1 Å². The number of anilines is 2. The molecule has 0 aliphatic carbocycles. The molecule has 0 saturated heterocycles. The minimum Gasteiger partial charge on any atom is -0.281 e. The van der Waals surface area contributed by atoms with Gasteiger partial charge in [0.15, 0.2) is 0 Å². The van der Waals surface area contributed by atoms with E-state index in [1.807, 2.05) is 24.3 Å². The van der Waals surface area contributed by atoms with Gasteiger partial charge in [-0.3, -0.25) is 9.69 Å². The Hall–Kier alpha value is -1.74. The number of nitrogens with zero attached hydrogens (tertiary/aromatic N) is 1. The first-order valence-electron chi connectivity index (χ1n) is 5.98. The van der Waals surface area contributed by atoms with E-state index >= 15 is 0 Å². The Balaban J connectivity index is 2.18. The molecule has 0 fully saturated rings. The molecule has 0 bridgehead atoms. The van der Waals surface area contributed by atoms with Gasteiger partial charge in [0.25, 0.3) is 0 Å². The highest BCUT2D eigenvalue weighted by Gasteiger charge is 2.22. The first-order chi connectivity index (χ1) is 8.83. The van der Waals surface area contributed by atoms with Gasteiger partial charge in [-0.2, -0.15) is 0 Å². The van der Waals surface area contributed by atoms with Gasteiger partial charge in [0.2, 0.25) is 6.41 Å². The highest BCUT2D eigenvalue weighted by Crippen LogP contribution is 2.47. The third-order valence-electron chi connectivity index (χ3n) is 3.14. The number of benzene rings is 2. The molecular formula is C15H13NOS. The summed E-state index contributed by atoms with van der Waals surface area (Å²) in [6.45, 7) is 2.12. The van der Waals surface area contributed by atoms with Crippen LogP contribution in [0.5, 0.6) is 0 Å². The van der Waals surface area contributed by atoms with Crippen LogP contribution in [-0.2, 0) is 11.2 Å². The molecule has 2 aromatic carbocycles. The van der Waals surface area contributed by atoms with E-state index in [4.69, 9.17) is 0 Å². The smallest absolute Gasteiger partial charge is 0.218 e. The standard InChI is InChI=1S/C15H13NOS/c1-2-11-7-8-15-13(9-11)16(10-17)12-5-3-4-6-14(12)18-15/h3-10H,2H2,1H3. The summed E-state index contributed by atoms with van der Waals surface area (Å²) in [4.78, 5) is 15.4. The molecule has 1 aliphatic heterocycles. The molecule has 90 valence electrons. The molecule has 2 nitrogen and oxygen atoms in total. The highest BCUT2D eigenvalue weighted by molar-refractivity contribution is 7.99. The van der Waals surface area contributed by atoms with Crippen LogP contribution < -0.4 is 4.90 Å². The van der Waals surface area contributed by atoms with Gasteiger partial charge in [-0.05, 0) is 36.2 Å². The topological polar surface area (TPSA) is 20.3 Å². The summed E-state index contributed by atoms with van der Waals surface area (Å²) in [5.41, 5.74) is 3.21. The van der Waals surface area contributed by atoms with Gasteiger partial charge in [-0.15, -0.1) is 0 Å². The van der Waals surface area contributed by atoms with Crippen LogP contribution in [0, 0.1) is 0 Å². The normalized spacial score (nSPS) is 12.8. The minimum atomic E-state index is 0.900. The maximum Gasteiger partial charge on any atom is 0.218 e. The van der Waals surface area contributed by atoms with Crippen molar-refractivity contribution in [2.75, 3.05) is 4.90 Å². The highest BCUT2D eigenvalue weighted by atomic mass is 32.2. The van der Waals surface area contributed by atoms with E-state index in [1.54, 1.807) is 16.7 Å². The van der Waals surface area contributed by atoms with Crippen molar-refractivity contribution in [3.8, 4) is 0 Å². The van der Waals surface area contributed by atoms with Crippen molar-refractivity contribution >= 4 is 29.5 Å². The molecule has 0 aromatic heterocycles. The number of fused-ring (bicyclic) bond motifs is 2. The summed E-state index contributed by atoms with van der Waals surface area (Å²) >= 11 is 1.72. The molecule has 3 heteroatoms. The van der Waals surface area contributed by atoms with Gasteiger partial charge >= 0.3 is 0 Å². The van der Waals surface area contributed by atoms with Crippen molar-refractivity contribution in [3.63, 3.8) is 0 Å². The van der Waals surface area contributed by atoms with Crippen LogP contribution in [0.4, 0.5) is 11.4 Å². The monoisotopic (exact) mass is 255 g/mol. The van der Waals surface area contributed by atoms with Gasteiger partial charge in [0.05, 0.1) is 11.4 Å². The third kappa shape index (κ3) is 1.71. The minimum absolute atomic E-state index is 0.900. The van der Waals surface area contributed by atoms with E-state index in [-0.39, 0.29) is 0 Å². The predicted molar refractivity (Wildman–Crippen MR) is 74.6 cm³/mol. The van der Waals surface area contributed by atoms with Crippen LogP contribution in [0.1, 0.15) is 12.5 Å². The van der Waals surface area contributed by atoms with E-state index in [0.29, 0.717) is 0 Å².